The molecule has 3 aromatic rings. The minimum atomic E-state index is -3.72. The van der Waals surface area contributed by atoms with Crippen molar-refractivity contribution in [3.63, 3.8) is 0 Å². The van der Waals surface area contributed by atoms with Crippen LogP contribution in [0.1, 0.15) is 30.0 Å². The maximum atomic E-state index is 13.8. The molecule has 7 nitrogen and oxygen atoms in total. The fourth-order valence-electron chi connectivity index (χ4n) is 4.15. The van der Waals surface area contributed by atoms with Gasteiger partial charge in [0.1, 0.15) is 17.7 Å². The molecule has 0 aromatic heterocycles. The molecule has 0 saturated heterocycles. The van der Waals surface area contributed by atoms with Crippen molar-refractivity contribution in [1.82, 2.24) is 10.6 Å². The van der Waals surface area contributed by atoms with E-state index in [0.717, 1.165) is 35.7 Å². The van der Waals surface area contributed by atoms with Gasteiger partial charge in [0.25, 0.3) is 0 Å². The summed E-state index contributed by atoms with van der Waals surface area (Å²) in [5.41, 5.74) is 2.37. The summed E-state index contributed by atoms with van der Waals surface area (Å²) < 4.78 is 52.6. The second-order valence-corrected chi connectivity index (χ2v) is 11.5. The van der Waals surface area contributed by atoms with Crippen molar-refractivity contribution >= 4 is 15.7 Å². The first kappa shape index (κ1) is 30.4. The second-order valence-electron chi connectivity index (χ2n) is 9.41. The van der Waals surface area contributed by atoms with Crippen LogP contribution in [0, 0.1) is 11.6 Å². The Bertz CT molecular complexity index is 1320. The molecule has 0 saturated carbocycles. The summed E-state index contributed by atoms with van der Waals surface area (Å²) in [5.74, 6) is -2.96. The lowest BCUT2D eigenvalue weighted by molar-refractivity contribution is -0.131. The summed E-state index contributed by atoms with van der Waals surface area (Å²) in [4.78, 5) is 12.8. The van der Waals surface area contributed by atoms with Gasteiger partial charge < -0.3 is 20.8 Å². The molecule has 3 rings (SSSR count). The number of carbonyl (C=O) groups excluding carboxylic acids is 1. The zero-order valence-corrected chi connectivity index (χ0v) is 22.5. The molecule has 0 aliphatic carbocycles. The van der Waals surface area contributed by atoms with E-state index in [9.17, 15) is 32.2 Å². The van der Waals surface area contributed by atoms with Crippen LogP contribution in [-0.2, 0) is 34.0 Å². The Morgan fingerprint density at radius 3 is 2.23 bits per heavy atom. The topological polar surface area (TPSA) is 116 Å². The Labute approximate surface area is 227 Å². The van der Waals surface area contributed by atoms with Crippen LogP contribution < -0.4 is 10.6 Å². The summed E-state index contributed by atoms with van der Waals surface area (Å²) in [7, 11) is -3.72. The zero-order chi connectivity index (χ0) is 28.4. The quantitative estimate of drug-likeness (QED) is 0.241. The van der Waals surface area contributed by atoms with Crippen LogP contribution in [0.15, 0.2) is 77.7 Å². The van der Waals surface area contributed by atoms with E-state index in [4.69, 9.17) is 0 Å². The number of rotatable bonds is 14. The van der Waals surface area contributed by atoms with Gasteiger partial charge in [-0.3, -0.25) is 4.79 Å². The Hall–Kier alpha value is -3.18. The molecule has 10 heteroatoms. The number of benzene rings is 3. The van der Waals surface area contributed by atoms with Crippen molar-refractivity contribution in [2.45, 2.75) is 55.9 Å². The lowest BCUT2D eigenvalue weighted by Crippen LogP contribution is -2.51. The van der Waals surface area contributed by atoms with E-state index in [2.05, 4.69) is 10.6 Å². The van der Waals surface area contributed by atoms with Crippen LogP contribution in [0.3, 0.4) is 0 Å². The monoisotopic (exact) mass is 560 g/mol. The van der Waals surface area contributed by atoms with Gasteiger partial charge in [-0.25, -0.2) is 17.2 Å². The van der Waals surface area contributed by atoms with E-state index in [1.54, 1.807) is 18.2 Å². The predicted octanol–water partition coefficient (Wildman–Crippen LogP) is 2.93. The highest BCUT2D eigenvalue weighted by molar-refractivity contribution is 7.91. The van der Waals surface area contributed by atoms with E-state index in [0.29, 0.717) is 6.54 Å². The van der Waals surface area contributed by atoms with Crippen molar-refractivity contribution < 1.29 is 32.2 Å². The maximum Gasteiger partial charge on any atom is 0.249 e. The summed E-state index contributed by atoms with van der Waals surface area (Å²) in [5, 5.41) is 26.9. The number of amides is 1. The van der Waals surface area contributed by atoms with Crippen LogP contribution >= 0.6 is 0 Å². The molecule has 0 bridgehead atoms. The number of nitrogens with one attached hydrogen (secondary N) is 2. The van der Waals surface area contributed by atoms with E-state index < -0.39 is 51.4 Å². The molecule has 3 aromatic carbocycles. The largest absolute Gasteiger partial charge is 0.390 e. The summed E-state index contributed by atoms with van der Waals surface area (Å²) in [6.45, 7) is 2.53. The van der Waals surface area contributed by atoms with E-state index in [-0.39, 0.29) is 29.8 Å². The number of aliphatic hydroxyl groups excluding tert-OH is 2. The van der Waals surface area contributed by atoms with Crippen molar-refractivity contribution in [3.8, 4) is 0 Å². The minimum absolute atomic E-state index is 0.0393. The lowest BCUT2D eigenvalue weighted by atomic mass is 10.00. The van der Waals surface area contributed by atoms with E-state index in [1.165, 1.54) is 12.1 Å². The highest BCUT2D eigenvalue weighted by Gasteiger charge is 2.27. The number of hydrogen-bond donors (Lipinski definition) is 4. The molecule has 0 heterocycles. The Morgan fingerprint density at radius 1 is 0.897 bits per heavy atom. The van der Waals surface area contributed by atoms with Gasteiger partial charge in [-0.15, -0.1) is 0 Å². The SMILES string of the molecule is CCc1cccc(CNC[C@@H](O)[C@H](Cc2cc(F)cc(F)c2)NC(=O)C(O)CCS(=O)(=O)c2ccccc2)c1. The standard InChI is InChI=1S/C29H34F2N2O5S/c1-2-20-7-6-8-21(13-20)18-32-19-28(35)26(16-22-14-23(30)17-24(31)15-22)33-29(36)27(34)11-12-39(37,38)25-9-4-3-5-10-25/h3-10,13-15,17,26-28,32,34-35H,2,11-12,16,18-19H2,1H3,(H,33,36)/t26-,27?,28+/m0/s1. The molecular weight excluding hydrogens is 526 g/mol. The number of hydrogen-bond acceptors (Lipinski definition) is 6. The third kappa shape index (κ3) is 9.50. The van der Waals surface area contributed by atoms with Crippen molar-refractivity contribution in [1.29, 1.82) is 0 Å². The van der Waals surface area contributed by atoms with Gasteiger partial charge in [-0.05, 0) is 60.2 Å². The number of sulfone groups is 1. The van der Waals surface area contributed by atoms with Crippen molar-refractivity contribution in [3.05, 3.63) is 101 Å². The smallest absolute Gasteiger partial charge is 0.249 e. The molecular formula is C29H34F2N2O5S. The molecule has 39 heavy (non-hydrogen) atoms. The first-order chi connectivity index (χ1) is 18.6. The summed E-state index contributed by atoms with van der Waals surface area (Å²) in [6.07, 6.45) is -2.47. The lowest BCUT2D eigenvalue weighted by Gasteiger charge is -2.26. The Balaban J connectivity index is 1.65. The normalized spacial score (nSPS) is 14.0. The number of aliphatic hydroxyl groups is 2. The van der Waals surface area contributed by atoms with Gasteiger partial charge in [-0.2, -0.15) is 0 Å². The molecule has 3 atom stereocenters. The third-order valence-corrected chi connectivity index (χ3v) is 8.08. The Morgan fingerprint density at radius 2 is 1.56 bits per heavy atom. The first-order valence-electron chi connectivity index (χ1n) is 12.7. The molecule has 0 spiro atoms. The molecule has 0 fully saturated rings. The van der Waals surface area contributed by atoms with Gasteiger partial charge in [-0.1, -0.05) is 49.4 Å². The molecule has 0 radical (unpaired) electrons. The average molecular weight is 561 g/mol. The number of aryl methyl sites for hydroxylation is 1. The van der Waals surface area contributed by atoms with Gasteiger partial charge in [0.15, 0.2) is 9.84 Å². The van der Waals surface area contributed by atoms with Gasteiger partial charge >= 0.3 is 0 Å². The van der Waals surface area contributed by atoms with Crippen molar-refractivity contribution in [2.24, 2.45) is 0 Å². The fraction of sp³-hybridized carbons (Fsp3) is 0.345. The molecule has 210 valence electrons. The highest BCUT2D eigenvalue weighted by Crippen LogP contribution is 2.15. The average Bonchev–Trinajstić information content (AvgIpc) is 2.91. The highest BCUT2D eigenvalue weighted by atomic mass is 32.2. The van der Waals surface area contributed by atoms with Gasteiger partial charge in [0, 0.05) is 19.2 Å². The second kappa shape index (κ2) is 14.3. The minimum Gasteiger partial charge on any atom is -0.390 e. The predicted molar refractivity (Wildman–Crippen MR) is 145 cm³/mol. The number of halogens is 2. The van der Waals surface area contributed by atoms with Gasteiger partial charge in [0.05, 0.1) is 22.8 Å². The van der Waals surface area contributed by atoms with Crippen LogP contribution in [0.25, 0.3) is 0 Å². The molecule has 1 unspecified atom stereocenters. The van der Waals surface area contributed by atoms with Crippen LogP contribution in [0.5, 0.6) is 0 Å². The summed E-state index contributed by atoms with van der Waals surface area (Å²) >= 11 is 0. The van der Waals surface area contributed by atoms with E-state index >= 15 is 0 Å². The molecule has 1 amide bonds. The van der Waals surface area contributed by atoms with Crippen LogP contribution in [0.2, 0.25) is 0 Å². The Kier molecular flexibility index (Phi) is 11.1. The van der Waals surface area contributed by atoms with Crippen LogP contribution in [-0.4, -0.2) is 55.1 Å². The first-order valence-corrected chi connectivity index (χ1v) is 14.4. The zero-order valence-electron chi connectivity index (χ0n) is 21.7. The molecule has 0 aliphatic rings. The molecule has 4 N–H and O–H groups in total. The van der Waals surface area contributed by atoms with Gasteiger partial charge in [0.2, 0.25) is 5.91 Å². The van der Waals surface area contributed by atoms with Crippen molar-refractivity contribution in [2.75, 3.05) is 12.3 Å². The maximum absolute atomic E-state index is 13.8. The number of carbonyl (C=O) groups is 1. The third-order valence-electron chi connectivity index (χ3n) is 6.32. The fourth-order valence-corrected chi connectivity index (χ4v) is 5.50. The van der Waals surface area contributed by atoms with Crippen LogP contribution in [0.4, 0.5) is 8.78 Å². The molecule has 0 aliphatic heterocycles. The summed E-state index contributed by atoms with van der Waals surface area (Å²) in [6, 6.07) is 17.5. The van der Waals surface area contributed by atoms with E-state index in [1.807, 2.05) is 31.2 Å².